The summed E-state index contributed by atoms with van der Waals surface area (Å²) in [5.74, 6) is -0.490. The minimum Gasteiger partial charge on any atom is -0.429 e. The Bertz CT molecular complexity index is 670. The topological polar surface area (TPSA) is 50.1 Å². The van der Waals surface area contributed by atoms with Gasteiger partial charge in [-0.2, -0.15) is 5.26 Å². The molecule has 4 heteroatoms. The maximum Gasteiger partial charge on any atom is 0.342 e. The van der Waals surface area contributed by atoms with Crippen molar-refractivity contribution < 1.29 is 9.53 Å². The van der Waals surface area contributed by atoms with Crippen LogP contribution in [0.4, 0.5) is 0 Å². The molecule has 0 aliphatic carbocycles. The first-order valence-electron chi connectivity index (χ1n) is 5.83. The lowest BCUT2D eigenvalue weighted by Gasteiger charge is -2.01. The summed E-state index contributed by atoms with van der Waals surface area (Å²) in [5.41, 5.74) is 1.43. The number of hydrogen-bond acceptors (Lipinski definition) is 3. The van der Waals surface area contributed by atoms with E-state index in [9.17, 15) is 4.79 Å². The van der Waals surface area contributed by atoms with Gasteiger partial charge in [0.25, 0.3) is 0 Å². The fourth-order valence-corrected chi connectivity index (χ4v) is 1.81. The largest absolute Gasteiger partial charge is 0.429 e. The molecule has 0 spiro atoms. The molecule has 3 nitrogen and oxygen atoms in total. The third-order valence-electron chi connectivity index (χ3n) is 2.57. The lowest BCUT2D eigenvalue weighted by atomic mass is 10.1. The maximum atomic E-state index is 11.8. The number of hydrogen-bond donors (Lipinski definition) is 0. The molecule has 2 aromatic rings. The quantitative estimate of drug-likeness (QED) is 0.483. The highest BCUT2D eigenvalue weighted by atomic mass is 79.9. The highest BCUT2D eigenvalue weighted by molar-refractivity contribution is 9.10. The molecule has 0 atom stereocenters. The molecule has 0 fully saturated rings. The van der Waals surface area contributed by atoms with Gasteiger partial charge in [-0.1, -0.05) is 46.3 Å². The highest BCUT2D eigenvalue weighted by Gasteiger charge is 2.06. The van der Waals surface area contributed by atoms with Crippen LogP contribution in [0.25, 0.3) is 5.57 Å². The van der Waals surface area contributed by atoms with Crippen molar-refractivity contribution in [3.63, 3.8) is 0 Å². The molecule has 0 heterocycles. The van der Waals surface area contributed by atoms with Crippen LogP contribution in [-0.2, 0) is 4.74 Å². The molecule has 2 aromatic carbocycles. The molecule has 0 N–H and O–H groups in total. The van der Waals surface area contributed by atoms with E-state index in [1.165, 1.54) is 6.26 Å². The molecule has 0 aliphatic heterocycles. The lowest BCUT2D eigenvalue weighted by Crippen LogP contribution is -2.00. The van der Waals surface area contributed by atoms with Crippen molar-refractivity contribution in [3.05, 3.63) is 76.5 Å². The zero-order valence-electron chi connectivity index (χ0n) is 10.4. The summed E-state index contributed by atoms with van der Waals surface area (Å²) in [6.45, 7) is 0. The molecule has 20 heavy (non-hydrogen) atoms. The number of nitriles is 1. The van der Waals surface area contributed by atoms with Crippen LogP contribution in [-0.4, -0.2) is 5.97 Å². The van der Waals surface area contributed by atoms with Crippen LogP contribution in [0.15, 0.2) is 65.3 Å². The Kier molecular flexibility index (Phi) is 4.70. The standard InChI is InChI=1S/C16H10BrNO2/c17-15-8-6-12(7-9-15)14(10-18)11-20-16(19)13-4-2-1-3-5-13/h1-9,11H/b14-11+. The van der Waals surface area contributed by atoms with Crippen molar-refractivity contribution in [3.8, 4) is 6.07 Å². The third kappa shape index (κ3) is 3.56. The first-order valence-corrected chi connectivity index (χ1v) is 6.62. The zero-order valence-corrected chi connectivity index (χ0v) is 12.0. The molecule has 0 bridgehead atoms. The molecule has 98 valence electrons. The van der Waals surface area contributed by atoms with Gasteiger partial charge >= 0.3 is 5.97 Å². The summed E-state index contributed by atoms with van der Waals surface area (Å²) < 4.78 is 5.95. The summed E-state index contributed by atoms with van der Waals surface area (Å²) in [6, 6.07) is 17.8. The second-order valence-electron chi connectivity index (χ2n) is 3.92. The van der Waals surface area contributed by atoms with E-state index in [1.807, 2.05) is 24.3 Å². The predicted octanol–water partition coefficient (Wildman–Crippen LogP) is 4.17. The average Bonchev–Trinajstić information content (AvgIpc) is 2.50. The number of benzene rings is 2. The molecule has 0 amide bonds. The molecular weight excluding hydrogens is 318 g/mol. The smallest absolute Gasteiger partial charge is 0.342 e. The Labute approximate surface area is 125 Å². The van der Waals surface area contributed by atoms with Gasteiger partial charge in [-0.3, -0.25) is 0 Å². The van der Waals surface area contributed by atoms with E-state index in [-0.39, 0.29) is 0 Å². The molecule has 2 rings (SSSR count). The Balaban J connectivity index is 2.15. The van der Waals surface area contributed by atoms with Crippen LogP contribution >= 0.6 is 15.9 Å². The van der Waals surface area contributed by atoms with E-state index in [2.05, 4.69) is 15.9 Å². The van der Waals surface area contributed by atoms with Crippen LogP contribution in [0.5, 0.6) is 0 Å². The predicted molar refractivity (Wildman–Crippen MR) is 79.6 cm³/mol. The summed E-state index contributed by atoms with van der Waals surface area (Å²) in [7, 11) is 0. The number of allylic oxidation sites excluding steroid dienone is 1. The van der Waals surface area contributed by atoms with Gasteiger partial charge in [0.1, 0.15) is 12.3 Å². The van der Waals surface area contributed by atoms with Gasteiger partial charge in [0.15, 0.2) is 0 Å². The number of ether oxygens (including phenoxy) is 1. The van der Waals surface area contributed by atoms with Gasteiger partial charge in [-0.15, -0.1) is 0 Å². The maximum absolute atomic E-state index is 11.8. The normalized spacial score (nSPS) is 10.7. The van der Waals surface area contributed by atoms with Crippen molar-refractivity contribution in [2.24, 2.45) is 0 Å². The fraction of sp³-hybridized carbons (Fsp3) is 0. The molecule has 0 unspecified atom stereocenters. The Morgan fingerprint density at radius 3 is 2.30 bits per heavy atom. The Morgan fingerprint density at radius 2 is 1.70 bits per heavy atom. The third-order valence-corrected chi connectivity index (χ3v) is 3.10. The molecule has 0 aliphatic rings. The van der Waals surface area contributed by atoms with E-state index in [1.54, 1.807) is 36.4 Å². The average molecular weight is 328 g/mol. The van der Waals surface area contributed by atoms with E-state index in [0.717, 1.165) is 4.47 Å². The van der Waals surface area contributed by atoms with Gasteiger partial charge in [-0.25, -0.2) is 4.79 Å². The van der Waals surface area contributed by atoms with Crippen LogP contribution in [0, 0.1) is 11.3 Å². The van der Waals surface area contributed by atoms with E-state index in [4.69, 9.17) is 10.00 Å². The van der Waals surface area contributed by atoms with Crippen LogP contribution < -0.4 is 0 Å². The van der Waals surface area contributed by atoms with Crippen molar-refractivity contribution in [2.75, 3.05) is 0 Å². The fourth-order valence-electron chi connectivity index (χ4n) is 1.54. The van der Waals surface area contributed by atoms with Gasteiger partial charge in [0.2, 0.25) is 0 Å². The number of rotatable bonds is 3. The first-order chi connectivity index (χ1) is 9.70. The van der Waals surface area contributed by atoms with Gasteiger partial charge in [-0.05, 0) is 29.8 Å². The Morgan fingerprint density at radius 1 is 1.05 bits per heavy atom. The van der Waals surface area contributed by atoms with Gasteiger partial charge < -0.3 is 4.74 Å². The van der Waals surface area contributed by atoms with E-state index < -0.39 is 5.97 Å². The second kappa shape index (κ2) is 6.69. The molecule has 0 aromatic heterocycles. The summed E-state index contributed by atoms with van der Waals surface area (Å²) in [5, 5.41) is 9.11. The van der Waals surface area contributed by atoms with Gasteiger partial charge in [0.05, 0.1) is 11.1 Å². The van der Waals surface area contributed by atoms with Crippen LogP contribution in [0.2, 0.25) is 0 Å². The van der Waals surface area contributed by atoms with Crippen molar-refractivity contribution in [1.29, 1.82) is 5.26 Å². The number of carbonyl (C=O) groups is 1. The highest BCUT2D eigenvalue weighted by Crippen LogP contribution is 2.17. The zero-order chi connectivity index (χ0) is 14.4. The molecule has 0 saturated heterocycles. The van der Waals surface area contributed by atoms with Crippen molar-refractivity contribution >= 4 is 27.5 Å². The second-order valence-corrected chi connectivity index (χ2v) is 4.84. The first kappa shape index (κ1) is 14.0. The number of nitrogens with zero attached hydrogens (tertiary/aromatic N) is 1. The lowest BCUT2D eigenvalue weighted by molar-refractivity contribution is 0.0664. The number of halogens is 1. The summed E-state index contributed by atoms with van der Waals surface area (Å²) in [4.78, 5) is 11.8. The molecular formula is C16H10BrNO2. The monoisotopic (exact) mass is 327 g/mol. The van der Waals surface area contributed by atoms with Gasteiger partial charge in [0, 0.05) is 4.47 Å². The van der Waals surface area contributed by atoms with Crippen molar-refractivity contribution in [2.45, 2.75) is 0 Å². The summed E-state index contributed by atoms with van der Waals surface area (Å²) in [6.07, 6.45) is 1.18. The number of carbonyl (C=O) groups excluding carboxylic acids is 1. The van der Waals surface area contributed by atoms with Crippen LogP contribution in [0.3, 0.4) is 0 Å². The van der Waals surface area contributed by atoms with Crippen LogP contribution in [0.1, 0.15) is 15.9 Å². The van der Waals surface area contributed by atoms with E-state index in [0.29, 0.717) is 16.7 Å². The molecule has 0 saturated carbocycles. The number of esters is 1. The Hall–Kier alpha value is -2.38. The molecule has 0 radical (unpaired) electrons. The SMILES string of the molecule is N#C/C(=C\OC(=O)c1ccccc1)c1ccc(Br)cc1. The minimum absolute atomic E-state index is 0.293. The minimum atomic E-state index is -0.490. The van der Waals surface area contributed by atoms with E-state index >= 15 is 0 Å². The van der Waals surface area contributed by atoms with Crippen molar-refractivity contribution in [1.82, 2.24) is 0 Å². The summed E-state index contributed by atoms with van der Waals surface area (Å²) >= 11 is 3.32.